The largest absolute Gasteiger partial charge is 0.485 e. The van der Waals surface area contributed by atoms with Gasteiger partial charge in [0.25, 0.3) is 0 Å². The highest BCUT2D eigenvalue weighted by molar-refractivity contribution is 5.92. The van der Waals surface area contributed by atoms with Crippen LogP contribution in [0.2, 0.25) is 0 Å². The number of para-hydroxylation sites is 1. The highest BCUT2D eigenvalue weighted by atomic mass is 16.5. The van der Waals surface area contributed by atoms with Crippen molar-refractivity contribution in [1.29, 1.82) is 5.26 Å². The number of aromatic nitrogens is 2. The van der Waals surface area contributed by atoms with Gasteiger partial charge in [-0.25, -0.2) is 9.97 Å². The second-order valence-electron chi connectivity index (χ2n) is 12.7. The summed E-state index contributed by atoms with van der Waals surface area (Å²) in [5.74, 6) is 1.45. The van der Waals surface area contributed by atoms with Crippen LogP contribution in [-0.4, -0.2) is 16.1 Å². The molecular formula is C43H31N3O. The lowest BCUT2D eigenvalue weighted by molar-refractivity contribution is 0.138. The summed E-state index contributed by atoms with van der Waals surface area (Å²) in [6, 6.07) is 38.5. The van der Waals surface area contributed by atoms with Gasteiger partial charge in [-0.05, 0) is 53.8 Å². The van der Waals surface area contributed by atoms with Gasteiger partial charge in [0.1, 0.15) is 11.9 Å². The Balaban J connectivity index is 1.32. The average molecular weight is 606 g/mol. The maximum atomic E-state index is 10.1. The van der Waals surface area contributed by atoms with E-state index in [9.17, 15) is 5.26 Å². The van der Waals surface area contributed by atoms with Gasteiger partial charge in [-0.15, -0.1) is 0 Å². The number of benzene rings is 4. The van der Waals surface area contributed by atoms with E-state index in [-0.39, 0.29) is 17.9 Å². The molecule has 3 aliphatic carbocycles. The van der Waals surface area contributed by atoms with E-state index < -0.39 is 5.41 Å². The van der Waals surface area contributed by atoms with Crippen LogP contribution in [-0.2, 0) is 5.41 Å². The molecule has 0 fully saturated rings. The molecule has 0 N–H and O–H groups in total. The Morgan fingerprint density at radius 2 is 1.45 bits per heavy atom. The maximum absolute atomic E-state index is 10.1. The van der Waals surface area contributed by atoms with E-state index in [4.69, 9.17) is 14.7 Å². The molecule has 4 aliphatic rings. The van der Waals surface area contributed by atoms with Crippen LogP contribution >= 0.6 is 0 Å². The van der Waals surface area contributed by atoms with E-state index in [0.29, 0.717) is 12.2 Å². The normalized spacial score (nSPS) is 23.0. The maximum Gasteiger partial charge on any atom is 0.160 e. The number of rotatable bonds is 3. The lowest BCUT2D eigenvalue weighted by Gasteiger charge is -2.49. The van der Waals surface area contributed by atoms with Crippen molar-refractivity contribution in [3.8, 4) is 45.7 Å². The molecule has 1 aliphatic heterocycles. The standard InChI is InChI=1S/C43H31N3O/c1-27-40(29-12-4-2-5-13-29)45-42(30-14-6-3-7-15-30)46-41(27)31-21-23-33-32-22-20-28(26-44)24-36(32)43(37(33)25-31)34-16-8-10-18-38(34)47-39-19-11-9-17-35(39)43/h2-23,25,28,34,38H,24H2,1H3. The predicted molar refractivity (Wildman–Crippen MR) is 186 cm³/mol. The number of nitrogens with zero attached hydrogens (tertiary/aromatic N) is 3. The predicted octanol–water partition coefficient (Wildman–Crippen LogP) is 9.44. The van der Waals surface area contributed by atoms with Crippen LogP contribution in [0.15, 0.2) is 145 Å². The van der Waals surface area contributed by atoms with Crippen LogP contribution in [0, 0.1) is 30.1 Å². The summed E-state index contributed by atoms with van der Waals surface area (Å²) in [7, 11) is 0. The lowest BCUT2D eigenvalue weighted by Crippen LogP contribution is -2.48. The molecule has 0 amide bonds. The van der Waals surface area contributed by atoms with Crippen LogP contribution < -0.4 is 4.74 Å². The molecule has 1 aromatic heterocycles. The number of ether oxygens (including phenoxy) is 1. The van der Waals surface area contributed by atoms with E-state index in [1.165, 1.54) is 22.3 Å². The molecule has 1 spiro atoms. The first-order valence-corrected chi connectivity index (χ1v) is 16.2. The molecule has 4 atom stereocenters. The third kappa shape index (κ3) is 4.06. The molecule has 9 rings (SSSR count). The van der Waals surface area contributed by atoms with Crippen molar-refractivity contribution in [2.45, 2.75) is 24.9 Å². The summed E-state index contributed by atoms with van der Waals surface area (Å²) in [6.07, 6.45) is 13.5. The molecule has 0 bridgehead atoms. The summed E-state index contributed by atoms with van der Waals surface area (Å²) in [5.41, 5.74) is 11.6. The van der Waals surface area contributed by atoms with Gasteiger partial charge in [0.2, 0.25) is 0 Å². The zero-order chi connectivity index (χ0) is 31.5. The number of hydrogen-bond donors (Lipinski definition) is 0. The minimum absolute atomic E-state index is 0.0287. The Morgan fingerprint density at radius 1 is 0.745 bits per heavy atom. The fourth-order valence-corrected chi connectivity index (χ4v) is 8.23. The molecule has 2 heterocycles. The quantitative estimate of drug-likeness (QED) is 0.206. The first kappa shape index (κ1) is 27.5. The first-order chi connectivity index (χ1) is 23.2. The highest BCUT2D eigenvalue weighted by Crippen LogP contribution is 2.63. The van der Waals surface area contributed by atoms with E-state index >= 15 is 0 Å². The lowest BCUT2D eigenvalue weighted by atomic mass is 9.58. The fraction of sp³-hybridized carbons (Fsp3) is 0.140. The Morgan fingerprint density at radius 3 is 2.23 bits per heavy atom. The van der Waals surface area contributed by atoms with Gasteiger partial charge in [-0.2, -0.15) is 5.26 Å². The molecule has 4 unspecified atom stereocenters. The molecular weight excluding hydrogens is 574 g/mol. The third-order valence-electron chi connectivity index (χ3n) is 10.3. The van der Waals surface area contributed by atoms with Gasteiger partial charge in [-0.3, -0.25) is 0 Å². The Bertz CT molecular complexity index is 2240. The monoisotopic (exact) mass is 605 g/mol. The molecule has 4 heteroatoms. The molecule has 224 valence electrons. The van der Waals surface area contributed by atoms with Gasteiger partial charge in [0, 0.05) is 33.7 Å². The molecule has 0 radical (unpaired) electrons. The second-order valence-corrected chi connectivity index (χ2v) is 12.7. The summed E-state index contributed by atoms with van der Waals surface area (Å²) >= 11 is 0. The van der Waals surface area contributed by atoms with Gasteiger partial charge in [-0.1, -0.05) is 121 Å². The first-order valence-electron chi connectivity index (χ1n) is 16.2. The average Bonchev–Trinajstić information content (AvgIpc) is 3.41. The molecule has 47 heavy (non-hydrogen) atoms. The number of fused-ring (bicyclic) bond motifs is 8. The minimum Gasteiger partial charge on any atom is -0.485 e. The van der Waals surface area contributed by atoms with E-state index in [2.05, 4.69) is 128 Å². The summed E-state index contributed by atoms with van der Waals surface area (Å²) in [4.78, 5) is 10.4. The molecule has 5 aromatic rings. The SMILES string of the molecule is Cc1c(-c2ccccc2)nc(-c2ccccc2)nc1-c1ccc2c(c1)C1(C3=C2C=CC(C#N)C3)c2ccccc2OC2C=CC=CC21. The zero-order valence-corrected chi connectivity index (χ0v) is 26.0. The van der Waals surface area contributed by atoms with Crippen LogP contribution in [0.25, 0.3) is 39.5 Å². The number of nitriles is 1. The topological polar surface area (TPSA) is 58.8 Å². The van der Waals surface area contributed by atoms with E-state index in [1.807, 2.05) is 24.3 Å². The summed E-state index contributed by atoms with van der Waals surface area (Å²) < 4.78 is 6.67. The van der Waals surface area contributed by atoms with Crippen molar-refractivity contribution in [2.24, 2.45) is 11.8 Å². The molecule has 4 aromatic carbocycles. The zero-order valence-electron chi connectivity index (χ0n) is 26.0. The van der Waals surface area contributed by atoms with Crippen LogP contribution in [0.5, 0.6) is 5.75 Å². The van der Waals surface area contributed by atoms with Gasteiger partial charge in [0.05, 0.1) is 28.8 Å². The van der Waals surface area contributed by atoms with E-state index in [0.717, 1.165) is 45.0 Å². The Hall–Kier alpha value is -5.79. The Labute approximate surface area is 274 Å². The second kappa shape index (κ2) is 10.6. The summed E-state index contributed by atoms with van der Waals surface area (Å²) in [6.45, 7) is 2.13. The van der Waals surface area contributed by atoms with Gasteiger partial charge in [0.15, 0.2) is 5.82 Å². The van der Waals surface area contributed by atoms with Crippen LogP contribution in [0.3, 0.4) is 0 Å². The molecule has 0 saturated carbocycles. The molecule has 0 saturated heterocycles. The van der Waals surface area contributed by atoms with Crippen molar-refractivity contribution < 1.29 is 4.74 Å². The van der Waals surface area contributed by atoms with Crippen molar-refractivity contribution in [3.63, 3.8) is 0 Å². The fourth-order valence-electron chi connectivity index (χ4n) is 8.23. The number of allylic oxidation sites excluding steroid dienone is 6. The smallest absolute Gasteiger partial charge is 0.160 e. The van der Waals surface area contributed by atoms with Gasteiger partial charge >= 0.3 is 0 Å². The third-order valence-corrected chi connectivity index (χ3v) is 10.3. The molecule has 4 nitrogen and oxygen atoms in total. The van der Waals surface area contributed by atoms with Crippen molar-refractivity contribution >= 4 is 5.57 Å². The van der Waals surface area contributed by atoms with E-state index in [1.54, 1.807) is 0 Å². The van der Waals surface area contributed by atoms with Gasteiger partial charge < -0.3 is 4.74 Å². The Kier molecular flexibility index (Phi) is 6.23. The van der Waals surface area contributed by atoms with Crippen molar-refractivity contribution in [3.05, 3.63) is 167 Å². The van der Waals surface area contributed by atoms with Crippen LogP contribution in [0.4, 0.5) is 0 Å². The van der Waals surface area contributed by atoms with Crippen molar-refractivity contribution in [1.82, 2.24) is 9.97 Å². The van der Waals surface area contributed by atoms with Crippen LogP contribution in [0.1, 0.15) is 28.7 Å². The minimum atomic E-state index is -0.493. The summed E-state index contributed by atoms with van der Waals surface area (Å²) in [5, 5.41) is 10.1. The highest BCUT2D eigenvalue weighted by Gasteiger charge is 2.57. The van der Waals surface area contributed by atoms with Crippen molar-refractivity contribution in [2.75, 3.05) is 0 Å². The number of hydrogen-bond acceptors (Lipinski definition) is 4.